The molecule has 1 saturated carbocycles. The van der Waals surface area contributed by atoms with Crippen molar-refractivity contribution in [2.75, 3.05) is 7.11 Å². The van der Waals surface area contributed by atoms with Gasteiger partial charge in [-0.1, -0.05) is 19.9 Å². The number of ether oxygens (including phenoxy) is 1. The van der Waals surface area contributed by atoms with Crippen molar-refractivity contribution in [1.29, 1.82) is 0 Å². The first-order chi connectivity index (χ1) is 8.02. The molecule has 1 fully saturated rings. The first-order valence-corrected chi connectivity index (χ1v) is 6.12. The second kappa shape index (κ2) is 4.30. The van der Waals surface area contributed by atoms with Crippen molar-refractivity contribution < 1.29 is 9.13 Å². The summed E-state index contributed by atoms with van der Waals surface area (Å²) in [5.74, 6) is 0.377. The SMILES string of the molecule is CCC1(C)C(N)CC1c1ccc(OC)c(F)c1. The van der Waals surface area contributed by atoms with E-state index in [0.29, 0.717) is 11.7 Å². The van der Waals surface area contributed by atoms with E-state index < -0.39 is 0 Å². The van der Waals surface area contributed by atoms with Gasteiger partial charge in [-0.2, -0.15) is 0 Å². The van der Waals surface area contributed by atoms with E-state index in [-0.39, 0.29) is 17.3 Å². The number of hydrogen-bond acceptors (Lipinski definition) is 2. The zero-order valence-corrected chi connectivity index (χ0v) is 10.7. The summed E-state index contributed by atoms with van der Waals surface area (Å²) < 4.78 is 18.6. The molecule has 1 aliphatic carbocycles. The summed E-state index contributed by atoms with van der Waals surface area (Å²) in [6, 6.07) is 5.46. The van der Waals surface area contributed by atoms with Gasteiger partial charge in [0.1, 0.15) is 0 Å². The van der Waals surface area contributed by atoms with Crippen molar-refractivity contribution in [3.05, 3.63) is 29.6 Å². The normalized spacial score (nSPS) is 32.1. The first-order valence-electron chi connectivity index (χ1n) is 6.12. The lowest BCUT2D eigenvalue weighted by atomic mass is 9.54. The molecule has 1 aromatic rings. The van der Waals surface area contributed by atoms with Crippen LogP contribution >= 0.6 is 0 Å². The quantitative estimate of drug-likeness (QED) is 0.876. The standard InChI is InChI=1S/C14H20FNO/c1-4-14(2)10(8-13(14)16)9-5-6-12(17-3)11(15)7-9/h5-7,10,13H,4,8,16H2,1-3H3. The maximum Gasteiger partial charge on any atom is 0.165 e. The van der Waals surface area contributed by atoms with E-state index in [1.165, 1.54) is 7.11 Å². The molecule has 3 heteroatoms. The fraction of sp³-hybridized carbons (Fsp3) is 0.571. The maximum absolute atomic E-state index is 13.7. The number of benzene rings is 1. The van der Waals surface area contributed by atoms with Crippen LogP contribution in [0.1, 0.15) is 38.2 Å². The second-order valence-corrected chi connectivity index (χ2v) is 5.15. The third kappa shape index (κ3) is 1.82. The molecule has 0 aliphatic heterocycles. The highest BCUT2D eigenvalue weighted by atomic mass is 19.1. The van der Waals surface area contributed by atoms with Crippen LogP contribution in [0.4, 0.5) is 4.39 Å². The van der Waals surface area contributed by atoms with Crippen molar-refractivity contribution in [1.82, 2.24) is 0 Å². The number of methoxy groups -OCH3 is 1. The van der Waals surface area contributed by atoms with Gasteiger partial charge in [0.25, 0.3) is 0 Å². The molecule has 2 N–H and O–H groups in total. The Morgan fingerprint density at radius 2 is 2.24 bits per heavy atom. The lowest BCUT2D eigenvalue weighted by Crippen LogP contribution is -2.54. The lowest BCUT2D eigenvalue weighted by molar-refractivity contribution is 0.0703. The van der Waals surface area contributed by atoms with E-state index in [9.17, 15) is 4.39 Å². The Bertz CT molecular complexity index is 421. The molecule has 0 saturated heterocycles. The molecular weight excluding hydrogens is 217 g/mol. The zero-order valence-electron chi connectivity index (χ0n) is 10.7. The molecule has 3 unspecified atom stereocenters. The van der Waals surface area contributed by atoms with Gasteiger partial charge >= 0.3 is 0 Å². The van der Waals surface area contributed by atoms with Crippen LogP contribution < -0.4 is 10.5 Å². The Morgan fingerprint density at radius 1 is 1.53 bits per heavy atom. The van der Waals surface area contributed by atoms with Crippen LogP contribution in [0, 0.1) is 11.2 Å². The smallest absolute Gasteiger partial charge is 0.165 e. The molecule has 0 heterocycles. The Hall–Kier alpha value is -1.09. The summed E-state index contributed by atoms with van der Waals surface area (Å²) in [7, 11) is 1.48. The van der Waals surface area contributed by atoms with Gasteiger partial charge in [0.05, 0.1) is 7.11 Å². The fourth-order valence-corrected chi connectivity index (χ4v) is 2.82. The summed E-state index contributed by atoms with van der Waals surface area (Å²) in [6.07, 6.45) is 1.96. The van der Waals surface area contributed by atoms with E-state index in [1.54, 1.807) is 12.1 Å². The summed E-state index contributed by atoms with van der Waals surface area (Å²) in [6.45, 7) is 4.33. The van der Waals surface area contributed by atoms with Gasteiger partial charge in [-0.15, -0.1) is 0 Å². The Balaban J connectivity index is 2.27. The van der Waals surface area contributed by atoms with Crippen LogP contribution in [0.2, 0.25) is 0 Å². The Morgan fingerprint density at radius 3 is 2.71 bits per heavy atom. The van der Waals surface area contributed by atoms with Crippen LogP contribution in [0.25, 0.3) is 0 Å². The predicted molar refractivity (Wildman–Crippen MR) is 66.7 cm³/mol. The van der Waals surface area contributed by atoms with Gasteiger partial charge < -0.3 is 10.5 Å². The number of hydrogen-bond donors (Lipinski definition) is 1. The highest BCUT2D eigenvalue weighted by Crippen LogP contribution is 2.54. The molecule has 0 amide bonds. The molecule has 0 spiro atoms. The monoisotopic (exact) mass is 237 g/mol. The average Bonchev–Trinajstić information content (AvgIpc) is 2.34. The highest BCUT2D eigenvalue weighted by molar-refractivity contribution is 5.34. The largest absolute Gasteiger partial charge is 0.494 e. The van der Waals surface area contributed by atoms with Crippen LogP contribution in [-0.2, 0) is 0 Å². The molecule has 0 aromatic heterocycles. The molecule has 17 heavy (non-hydrogen) atoms. The molecule has 2 nitrogen and oxygen atoms in total. The fourth-order valence-electron chi connectivity index (χ4n) is 2.82. The predicted octanol–water partition coefficient (Wildman–Crippen LogP) is 3.07. The van der Waals surface area contributed by atoms with Gasteiger partial charge in [0.2, 0.25) is 0 Å². The van der Waals surface area contributed by atoms with Gasteiger partial charge in [-0.3, -0.25) is 0 Å². The van der Waals surface area contributed by atoms with Gasteiger partial charge in [0.15, 0.2) is 11.6 Å². The van der Waals surface area contributed by atoms with E-state index in [2.05, 4.69) is 13.8 Å². The zero-order chi connectivity index (χ0) is 12.6. The van der Waals surface area contributed by atoms with E-state index in [1.807, 2.05) is 6.07 Å². The molecule has 1 aliphatic rings. The first kappa shape index (κ1) is 12.4. The summed E-state index contributed by atoms with van der Waals surface area (Å²) in [4.78, 5) is 0. The molecule has 2 rings (SSSR count). The van der Waals surface area contributed by atoms with E-state index >= 15 is 0 Å². The second-order valence-electron chi connectivity index (χ2n) is 5.15. The van der Waals surface area contributed by atoms with Crippen molar-refractivity contribution in [2.24, 2.45) is 11.1 Å². The molecule has 3 atom stereocenters. The van der Waals surface area contributed by atoms with Gasteiger partial charge in [-0.05, 0) is 41.9 Å². The maximum atomic E-state index is 13.7. The Labute approximate surface area is 102 Å². The van der Waals surface area contributed by atoms with Crippen LogP contribution in [0.15, 0.2) is 18.2 Å². The third-order valence-electron chi connectivity index (χ3n) is 4.47. The number of nitrogens with two attached hydrogens (primary N) is 1. The van der Waals surface area contributed by atoms with Crippen molar-refractivity contribution in [3.63, 3.8) is 0 Å². The minimum absolute atomic E-state index is 0.0982. The molecule has 0 radical (unpaired) electrons. The average molecular weight is 237 g/mol. The van der Waals surface area contributed by atoms with Gasteiger partial charge in [-0.25, -0.2) is 4.39 Å². The summed E-state index contributed by atoms with van der Waals surface area (Å²) in [5.41, 5.74) is 7.21. The topological polar surface area (TPSA) is 35.2 Å². The van der Waals surface area contributed by atoms with E-state index in [4.69, 9.17) is 10.5 Å². The van der Waals surface area contributed by atoms with E-state index in [0.717, 1.165) is 18.4 Å². The van der Waals surface area contributed by atoms with Crippen LogP contribution in [-0.4, -0.2) is 13.2 Å². The van der Waals surface area contributed by atoms with Crippen molar-refractivity contribution >= 4 is 0 Å². The molecular formula is C14H20FNO. The Kier molecular flexibility index (Phi) is 3.13. The minimum Gasteiger partial charge on any atom is -0.494 e. The minimum atomic E-state index is -0.288. The molecule has 1 aromatic carbocycles. The van der Waals surface area contributed by atoms with Crippen molar-refractivity contribution in [3.8, 4) is 5.75 Å². The van der Waals surface area contributed by atoms with Crippen LogP contribution in [0.3, 0.4) is 0 Å². The molecule has 94 valence electrons. The van der Waals surface area contributed by atoms with Crippen LogP contribution in [0.5, 0.6) is 5.75 Å². The number of halogens is 1. The number of rotatable bonds is 3. The summed E-state index contributed by atoms with van der Waals surface area (Å²) in [5, 5.41) is 0. The lowest BCUT2D eigenvalue weighted by Gasteiger charge is -2.53. The molecule has 0 bridgehead atoms. The third-order valence-corrected chi connectivity index (χ3v) is 4.47. The summed E-state index contributed by atoms with van der Waals surface area (Å²) >= 11 is 0. The van der Waals surface area contributed by atoms with Crippen molar-refractivity contribution in [2.45, 2.75) is 38.6 Å². The van der Waals surface area contributed by atoms with Gasteiger partial charge in [0, 0.05) is 6.04 Å². The highest BCUT2D eigenvalue weighted by Gasteiger charge is 2.48.